The standard InChI is InChI=1S/C15H23BrFN3O/c1-2-3-20-4-5-21-15(10-20)14(19-18)8-11-6-12(16)9-13(17)7-11/h6-7,9,14-15,19H,2-5,8,10,18H2,1H3. The Kier molecular flexibility index (Phi) is 6.57. The molecule has 3 N–H and O–H groups in total. The molecule has 6 heteroatoms. The Hall–Kier alpha value is -0.530. The van der Waals surface area contributed by atoms with E-state index in [4.69, 9.17) is 10.6 Å². The fourth-order valence-electron chi connectivity index (χ4n) is 2.77. The number of hydrazine groups is 1. The van der Waals surface area contributed by atoms with Crippen LogP contribution in [0, 0.1) is 5.82 Å². The Labute approximate surface area is 133 Å². The predicted octanol–water partition coefficient (Wildman–Crippen LogP) is 2.07. The zero-order valence-corrected chi connectivity index (χ0v) is 13.9. The highest BCUT2D eigenvalue weighted by atomic mass is 79.9. The average molecular weight is 360 g/mol. The van der Waals surface area contributed by atoms with E-state index < -0.39 is 0 Å². The molecule has 1 heterocycles. The van der Waals surface area contributed by atoms with Gasteiger partial charge >= 0.3 is 0 Å². The highest BCUT2D eigenvalue weighted by molar-refractivity contribution is 9.10. The molecule has 1 aromatic carbocycles. The largest absolute Gasteiger partial charge is 0.374 e. The van der Waals surface area contributed by atoms with Gasteiger partial charge in [0.15, 0.2) is 0 Å². The van der Waals surface area contributed by atoms with Crippen molar-refractivity contribution in [1.82, 2.24) is 10.3 Å². The average Bonchev–Trinajstić information content (AvgIpc) is 2.44. The van der Waals surface area contributed by atoms with Crippen molar-refractivity contribution >= 4 is 15.9 Å². The maximum absolute atomic E-state index is 13.5. The van der Waals surface area contributed by atoms with Crippen LogP contribution in [0.3, 0.4) is 0 Å². The number of rotatable bonds is 6. The summed E-state index contributed by atoms with van der Waals surface area (Å²) in [5.41, 5.74) is 3.74. The molecule has 2 unspecified atom stereocenters. The Morgan fingerprint density at radius 1 is 1.52 bits per heavy atom. The molecule has 0 radical (unpaired) electrons. The first-order valence-electron chi connectivity index (χ1n) is 7.37. The summed E-state index contributed by atoms with van der Waals surface area (Å²) in [5.74, 6) is 5.45. The smallest absolute Gasteiger partial charge is 0.124 e. The molecule has 2 rings (SSSR count). The van der Waals surface area contributed by atoms with Crippen LogP contribution in [-0.4, -0.2) is 43.3 Å². The van der Waals surface area contributed by atoms with Gasteiger partial charge in [-0.2, -0.15) is 0 Å². The summed E-state index contributed by atoms with van der Waals surface area (Å²) in [6.07, 6.45) is 1.79. The van der Waals surface area contributed by atoms with Gasteiger partial charge in [-0.05, 0) is 43.1 Å². The van der Waals surface area contributed by atoms with Crippen LogP contribution in [0.5, 0.6) is 0 Å². The topological polar surface area (TPSA) is 50.5 Å². The first kappa shape index (κ1) is 16.8. The number of nitrogens with one attached hydrogen (secondary N) is 1. The first-order valence-corrected chi connectivity index (χ1v) is 8.16. The third-order valence-corrected chi connectivity index (χ3v) is 4.22. The van der Waals surface area contributed by atoms with Crippen LogP contribution in [0.4, 0.5) is 4.39 Å². The summed E-state index contributed by atoms with van der Waals surface area (Å²) in [5, 5.41) is 0. The van der Waals surface area contributed by atoms with Crippen LogP contribution in [0.15, 0.2) is 22.7 Å². The summed E-state index contributed by atoms with van der Waals surface area (Å²) in [6, 6.07) is 4.88. The van der Waals surface area contributed by atoms with Crippen LogP contribution in [0.2, 0.25) is 0 Å². The number of ether oxygens (including phenoxy) is 1. The lowest BCUT2D eigenvalue weighted by atomic mass is 10.0. The third-order valence-electron chi connectivity index (χ3n) is 3.76. The molecule has 21 heavy (non-hydrogen) atoms. The van der Waals surface area contributed by atoms with E-state index >= 15 is 0 Å². The zero-order valence-electron chi connectivity index (χ0n) is 12.3. The van der Waals surface area contributed by atoms with E-state index in [0.29, 0.717) is 6.42 Å². The van der Waals surface area contributed by atoms with E-state index in [1.54, 1.807) is 6.07 Å². The van der Waals surface area contributed by atoms with E-state index in [2.05, 4.69) is 33.2 Å². The number of nitrogens with two attached hydrogens (primary N) is 1. The SMILES string of the molecule is CCCN1CCOC(C(Cc2cc(F)cc(Br)c2)NN)C1. The normalized spacial score (nSPS) is 21.4. The fraction of sp³-hybridized carbons (Fsp3) is 0.600. The molecule has 1 saturated heterocycles. The number of nitrogens with zero attached hydrogens (tertiary/aromatic N) is 1. The Morgan fingerprint density at radius 3 is 3.00 bits per heavy atom. The molecule has 0 spiro atoms. The molecule has 4 nitrogen and oxygen atoms in total. The van der Waals surface area contributed by atoms with E-state index in [9.17, 15) is 4.39 Å². The Morgan fingerprint density at radius 2 is 2.33 bits per heavy atom. The minimum Gasteiger partial charge on any atom is -0.374 e. The first-order chi connectivity index (χ1) is 10.1. The molecule has 1 aliphatic rings. The van der Waals surface area contributed by atoms with Crippen molar-refractivity contribution in [2.24, 2.45) is 5.84 Å². The highest BCUT2D eigenvalue weighted by Crippen LogP contribution is 2.18. The van der Waals surface area contributed by atoms with Crippen molar-refractivity contribution in [2.45, 2.75) is 31.9 Å². The molecule has 0 saturated carbocycles. The Balaban J connectivity index is 2.01. The lowest BCUT2D eigenvalue weighted by Gasteiger charge is -2.36. The summed E-state index contributed by atoms with van der Waals surface area (Å²) in [7, 11) is 0. The van der Waals surface area contributed by atoms with Crippen molar-refractivity contribution in [2.75, 3.05) is 26.2 Å². The second-order valence-electron chi connectivity index (χ2n) is 5.46. The molecular formula is C15H23BrFN3O. The summed E-state index contributed by atoms with van der Waals surface area (Å²) < 4.78 is 20.1. The Bertz CT molecular complexity index is 438. The molecule has 0 bridgehead atoms. The van der Waals surface area contributed by atoms with Crippen molar-refractivity contribution < 1.29 is 9.13 Å². The zero-order chi connectivity index (χ0) is 15.2. The van der Waals surface area contributed by atoms with Crippen molar-refractivity contribution in [3.8, 4) is 0 Å². The maximum atomic E-state index is 13.5. The second-order valence-corrected chi connectivity index (χ2v) is 6.38. The van der Waals surface area contributed by atoms with Gasteiger partial charge in [-0.1, -0.05) is 22.9 Å². The lowest BCUT2D eigenvalue weighted by Crippen LogP contribution is -2.54. The summed E-state index contributed by atoms with van der Waals surface area (Å²) in [6.45, 7) is 5.79. The number of hydrogen-bond acceptors (Lipinski definition) is 4. The minimum absolute atomic E-state index is 0.0253. The fourth-order valence-corrected chi connectivity index (χ4v) is 3.29. The second kappa shape index (κ2) is 8.19. The molecule has 118 valence electrons. The van der Waals surface area contributed by atoms with Crippen molar-refractivity contribution in [3.05, 3.63) is 34.1 Å². The van der Waals surface area contributed by atoms with Gasteiger partial charge in [0.25, 0.3) is 0 Å². The summed E-state index contributed by atoms with van der Waals surface area (Å²) in [4.78, 5) is 2.39. The number of hydrogen-bond donors (Lipinski definition) is 2. The van der Waals surface area contributed by atoms with Crippen LogP contribution < -0.4 is 11.3 Å². The number of benzene rings is 1. The molecule has 1 fully saturated rings. The lowest BCUT2D eigenvalue weighted by molar-refractivity contribution is -0.0462. The molecule has 0 aliphatic carbocycles. The van der Waals surface area contributed by atoms with Gasteiger partial charge in [0.2, 0.25) is 0 Å². The summed E-state index contributed by atoms with van der Waals surface area (Å²) >= 11 is 3.32. The number of morpholine rings is 1. The molecule has 1 aliphatic heterocycles. The third kappa shape index (κ3) is 5.00. The van der Waals surface area contributed by atoms with Crippen LogP contribution in [0.25, 0.3) is 0 Å². The van der Waals surface area contributed by atoms with Crippen LogP contribution >= 0.6 is 15.9 Å². The highest BCUT2D eigenvalue weighted by Gasteiger charge is 2.27. The molecular weight excluding hydrogens is 337 g/mol. The van der Waals surface area contributed by atoms with Gasteiger partial charge in [0.1, 0.15) is 5.82 Å². The van der Waals surface area contributed by atoms with E-state index in [-0.39, 0.29) is 18.0 Å². The van der Waals surface area contributed by atoms with Gasteiger partial charge in [-0.15, -0.1) is 0 Å². The number of halogens is 2. The monoisotopic (exact) mass is 359 g/mol. The van der Waals surface area contributed by atoms with Crippen LogP contribution in [-0.2, 0) is 11.2 Å². The van der Waals surface area contributed by atoms with Gasteiger partial charge in [0.05, 0.1) is 18.8 Å². The van der Waals surface area contributed by atoms with Crippen molar-refractivity contribution in [3.63, 3.8) is 0 Å². The van der Waals surface area contributed by atoms with Crippen LogP contribution in [0.1, 0.15) is 18.9 Å². The predicted molar refractivity (Wildman–Crippen MR) is 85.4 cm³/mol. The van der Waals surface area contributed by atoms with Crippen molar-refractivity contribution in [1.29, 1.82) is 0 Å². The molecule has 0 amide bonds. The molecule has 0 aromatic heterocycles. The van der Waals surface area contributed by atoms with E-state index in [1.165, 1.54) is 6.07 Å². The molecule has 1 aromatic rings. The van der Waals surface area contributed by atoms with E-state index in [0.717, 1.165) is 42.7 Å². The molecule has 2 atom stereocenters. The minimum atomic E-state index is -0.243. The quantitative estimate of drug-likeness (QED) is 0.603. The van der Waals surface area contributed by atoms with Gasteiger partial charge in [0, 0.05) is 17.6 Å². The van der Waals surface area contributed by atoms with Gasteiger partial charge < -0.3 is 4.74 Å². The van der Waals surface area contributed by atoms with E-state index in [1.807, 2.05) is 6.07 Å². The van der Waals surface area contributed by atoms with Gasteiger partial charge in [-0.25, -0.2) is 4.39 Å². The maximum Gasteiger partial charge on any atom is 0.124 e. The van der Waals surface area contributed by atoms with Gasteiger partial charge in [-0.3, -0.25) is 16.2 Å².